The number of hydrogen-bond donors (Lipinski definition) is 2. The van der Waals surface area contributed by atoms with E-state index >= 15 is 0 Å². The molecular weight excluding hydrogens is 554 g/mol. The second-order valence-corrected chi connectivity index (χ2v) is 10.9. The van der Waals surface area contributed by atoms with Crippen molar-refractivity contribution in [3.8, 4) is 16.3 Å². The number of unbranched alkanes of at least 4 members (excludes halogenated alkanes) is 3. The van der Waals surface area contributed by atoms with Crippen LogP contribution in [0.2, 0.25) is 0 Å². The van der Waals surface area contributed by atoms with Crippen molar-refractivity contribution < 1.29 is 9.53 Å². The number of anilines is 1. The fraction of sp³-hybridized carbons (Fsp3) is 0.250. The number of aryl methyl sites for hydroxylation is 1. The van der Waals surface area contributed by atoms with Crippen LogP contribution in [-0.2, 0) is 0 Å². The molecule has 2 N–H and O–H groups in total. The molecule has 1 aromatic heterocycles. The summed E-state index contributed by atoms with van der Waals surface area (Å²) in [6.07, 6.45) is 4.41. The standard InChI is InChI=1S/C28H28BrN3O2S2/c1-3-4-5-6-15-34-24-14-10-20(29)17-22(24)26(33)32-28(35)30-21-11-8-19(9-12-21)27-31-23-13-7-18(2)16-25(23)36-27/h7-14,16-17H,3-6,15H2,1-2H3,(H2,30,32,33,35). The lowest BCUT2D eigenvalue weighted by molar-refractivity contribution is 0.0973. The first kappa shape index (κ1) is 26.3. The Hall–Kier alpha value is -2.81. The van der Waals surface area contributed by atoms with Gasteiger partial charge in [0.25, 0.3) is 5.91 Å². The second kappa shape index (κ2) is 12.4. The molecule has 8 heteroatoms. The molecule has 0 bridgehead atoms. The lowest BCUT2D eigenvalue weighted by Crippen LogP contribution is -2.34. The van der Waals surface area contributed by atoms with Gasteiger partial charge < -0.3 is 10.1 Å². The largest absolute Gasteiger partial charge is 0.493 e. The summed E-state index contributed by atoms with van der Waals surface area (Å²) in [7, 11) is 0. The SMILES string of the molecule is CCCCCCOc1ccc(Br)cc1C(=O)NC(=S)Nc1ccc(-c2nc3ccc(C)cc3s2)cc1. The highest BCUT2D eigenvalue weighted by molar-refractivity contribution is 9.10. The zero-order valence-electron chi connectivity index (χ0n) is 20.3. The van der Waals surface area contributed by atoms with Gasteiger partial charge in [-0.3, -0.25) is 10.1 Å². The summed E-state index contributed by atoms with van der Waals surface area (Å²) < 4.78 is 7.86. The molecule has 0 spiro atoms. The monoisotopic (exact) mass is 581 g/mol. The van der Waals surface area contributed by atoms with Gasteiger partial charge in [0, 0.05) is 15.7 Å². The van der Waals surface area contributed by atoms with Crippen molar-refractivity contribution in [3.63, 3.8) is 0 Å². The van der Waals surface area contributed by atoms with Gasteiger partial charge >= 0.3 is 0 Å². The third-order valence-corrected chi connectivity index (χ3v) is 7.37. The number of carbonyl (C=O) groups is 1. The molecule has 3 aromatic carbocycles. The van der Waals surface area contributed by atoms with Crippen LogP contribution < -0.4 is 15.4 Å². The average molecular weight is 583 g/mol. The van der Waals surface area contributed by atoms with Crippen LogP contribution in [0.5, 0.6) is 5.75 Å². The summed E-state index contributed by atoms with van der Waals surface area (Å²) in [6.45, 7) is 4.83. The lowest BCUT2D eigenvalue weighted by atomic mass is 10.2. The summed E-state index contributed by atoms with van der Waals surface area (Å²) in [5.74, 6) is 0.226. The Labute approximate surface area is 229 Å². The number of thiocarbonyl (C=S) groups is 1. The number of amides is 1. The van der Waals surface area contributed by atoms with E-state index in [1.165, 1.54) is 23.1 Å². The van der Waals surface area contributed by atoms with Gasteiger partial charge in [0.05, 0.1) is 22.4 Å². The molecule has 1 amide bonds. The molecule has 186 valence electrons. The van der Waals surface area contributed by atoms with Crippen molar-refractivity contribution in [1.29, 1.82) is 0 Å². The third kappa shape index (κ3) is 6.90. The second-order valence-electron chi connectivity index (χ2n) is 8.53. The van der Waals surface area contributed by atoms with Crippen molar-refractivity contribution in [3.05, 3.63) is 76.3 Å². The maximum absolute atomic E-state index is 13.0. The summed E-state index contributed by atoms with van der Waals surface area (Å²) in [5.41, 5.74) is 4.47. The van der Waals surface area contributed by atoms with Crippen LogP contribution in [0, 0.1) is 6.92 Å². The van der Waals surface area contributed by atoms with Crippen LogP contribution in [0.15, 0.2) is 65.1 Å². The number of fused-ring (bicyclic) bond motifs is 1. The van der Waals surface area contributed by atoms with Gasteiger partial charge in [-0.25, -0.2) is 4.98 Å². The fourth-order valence-corrected chi connectivity index (χ4v) is 5.34. The number of aromatic nitrogens is 1. The van der Waals surface area contributed by atoms with Crippen LogP contribution in [0.3, 0.4) is 0 Å². The molecule has 0 saturated heterocycles. The Morgan fingerprint density at radius 2 is 1.86 bits per heavy atom. The molecule has 5 nitrogen and oxygen atoms in total. The molecular formula is C28H28BrN3O2S2. The Morgan fingerprint density at radius 1 is 1.06 bits per heavy atom. The molecule has 0 saturated carbocycles. The van der Waals surface area contributed by atoms with Crippen LogP contribution in [0.1, 0.15) is 48.5 Å². The van der Waals surface area contributed by atoms with E-state index in [1.807, 2.05) is 30.3 Å². The summed E-state index contributed by atoms with van der Waals surface area (Å²) >= 11 is 10.5. The Balaban J connectivity index is 1.37. The Bertz CT molecular complexity index is 1370. The first-order valence-electron chi connectivity index (χ1n) is 12.0. The van der Waals surface area contributed by atoms with Gasteiger partial charge in [0.15, 0.2) is 5.11 Å². The molecule has 0 atom stereocenters. The number of hydrogen-bond acceptors (Lipinski definition) is 5. The van der Waals surface area contributed by atoms with E-state index in [0.717, 1.165) is 39.1 Å². The smallest absolute Gasteiger partial charge is 0.261 e. The van der Waals surface area contributed by atoms with E-state index in [0.29, 0.717) is 17.9 Å². The number of carbonyl (C=O) groups excluding carboxylic acids is 1. The summed E-state index contributed by atoms with van der Waals surface area (Å²) in [4.78, 5) is 17.7. The van der Waals surface area contributed by atoms with E-state index in [1.54, 1.807) is 23.5 Å². The zero-order valence-corrected chi connectivity index (χ0v) is 23.5. The third-order valence-electron chi connectivity index (χ3n) is 5.60. The molecule has 0 aliphatic heterocycles. The Morgan fingerprint density at radius 3 is 2.64 bits per heavy atom. The van der Waals surface area contributed by atoms with Crippen molar-refractivity contribution in [2.75, 3.05) is 11.9 Å². The average Bonchev–Trinajstić information content (AvgIpc) is 3.28. The number of thiazole rings is 1. The minimum atomic E-state index is -0.321. The molecule has 0 aliphatic rings. The number of rotatable bonds is 9. The van der Waals surface area contributed by atoms with E-state index in [4.69, 9.17) is 21.9 Å². The zero-order chi connectivity index (χ0) is 25.5. The first-order chi connectivity index (χ1) is 17.4. The van der Waals surface area contributed by atoms with Crippen molar-refractivity contribution >= 4 is 66.4 Å². The number of nitrogens with one attached hydrogen (secondary N) is 2. The van der Waals surface area contributed by atoms with Crippen LogP contribution in [-0.4, -0.2) is 22.6 Å². The molecule has 36 heavy (non-hydrogen) atoms. The number of ether oxygens (including phenoxy) is 1. The number of halogens is 1. The van der Waals surface area contributed by atoms with E-state index in [-0.39, 0.29) is 11.0 Å². The van der Waals surface area contributed by atoms with Gasteiger partial charge in [-0.2, -0.15) is 0 Å². The maximum atomic E-state index is 13.0. The van der Waals surface area contributed by atoms with Gasteiger partial charge in [-0.1, -0.05) is 48.2 Å². The molecule has 4 rings (SSSR count). The van der Waals surface area contributed by atoms with Crippen molar-refractivity contribution in [1.82, 2.24) is 10.3 Å². The highest BCUT2D eigenvalue weighted by atomic mass is 79.9. The predicted octanol–water partition coefficient (Wildman–Crippen LogP) is 8.12. The van der Waals surface area contributed by atoms with E-state index in [2.05, 4.69) is 58.6 Å². The molecule has 1 heterocycles. The van der Waals surface area contributed by atoms with Crippen LogP contribution in [0.4, 0.5) is 5.69 Å². The van der Waals surface area contributed by atoms with Crippen LogP contribution in [0.25, 0.3) is 20.8 Å². The molecule has 0 radical (unpaired) electrons. The van der Waals surface area contributed by atoms with Gasteiger partial charge in [0.1, 0.15) is 10.8 Å². The number of nitrogens with zero attached hydrogens (tertiary/aromatic N) is 1. The van der Waals surface area contributed by atoms with Gasteiger partial charge in [0.2, 0.25) is 0 Å². The Kier molecular flexibility index (Phi) is 9.07. The van der Waals surface area contributed by atoms with Gasteiger partial charge in [-0.05, 0) is 85.7 Å². The molecule has 0 unspecified atom stereocenters. The molecule has 4 aromatic rings. The lowest BCUT2D eigenvalue weighted by Gasteiger charge is -2.14. The molecule has 0 aliphatic carbocycles. The fourth-order valence-electron chi connectivity index (χ4n) is 3.70. The molecule has 0 fully saturated rings. The number of benzene rings is 3. The first-order valence-corrected chi connectivity index (χ1v) is 14.0. The normalized spacial score (nSPS) is 10.9. The quantitative estimate of drug-likeness (QED) is 0.154. The van der Waals surface area contributed by atoms with E-state index < -0.39 is 0 Å². The minimum Gasteiger partial charge on any atom is -0.493 e. The highest BCUT2D eigenvalue weighted by Crippen LogP contribution is 2.31. The minimum absolute atomic E-state index is 0.220. The summed E-state index contributed by atoms with van der Waals surface area (Å²) in [5, 5.41) is 7.04. The van der Waals surface area contributed by atoms with Crippen molar-refractivity contribution in [2.24, 2.45) is 0 Å². The predicted molar refractivity (Wildman–Crippen MR) is 157 cm³/mol. The maximum Gasteiger partial charge on any atom is 0.261 e. The van der Waals surface area contributed by atoms with E-state index in [9.17, 15) is 4.79 Å². The highest BCUT2D eigenvalue weighted by Gasteiger charge is 2.15. The van der Waals surface area contributed by atoms with Crippen molar-refractivity contribution in [2.45, 2.75) is 39.5 Å². The van der Waals surface area contributed by atoms with Gasteiger partial charge in [-0.15, -0.1) is 11.3 Å². The topological polar surface area (TPSA) is 63.2 Å². The van der Waals surface area contributed by atoms with Crippen LogP contribution >= 0.6 is 39.5 Å². The summed E-state index contributed by atoms with van der Waals surface area (Å²) in [6, 6.07) is 19.5.